The van der Waals surface area contributed by atoms with Gasteiger partial charge in [0.05, 0.1) is 19.1 Å². The Bertz CT molecular complexity index is 793. The van der Waals surface area contributed by atoms with Crippen molar-refractivity contribution in [2.24, 2.45) is 5.92 Å². The zero-order valence-corrected chi connectivity index (χ0v) is 15.9. The molecule has 3 rings (SSSR count). The molecule has 0 aliphatic carbocycles. The van der Waals surface area contributed by atoms with E-state index in [-0.39, 0.29) is 12.0 Å². The van der Waals surface area contributed by atoms with Crippen LogP contribution in [-0.2, 0) is 4.79 Å². The van der Waals surface area contributed by atoms with Crippen LogP contribution in [0.15, 0.2) is 42.5 Å². The van der Waals surface area contributed by atoms with E-state index in [1.807, 2.05) is 30.3 Å². The highest BCUT2D eigenvalue weighted by Gasteiger charge is 2.33. The number of carboxylic acid groups (broad SMARTS) is 1. The van der Waals surface area contributed by atoms with Crippen LogP contribution >= 0.6 is 11.6 Å². The molecule has 0 aromatic heterocycles. The second-order valence-electron chi connectivity index (χ2n) is 6.82. The second kappa shape index (κ2) is 8.11. The van der Waals surface area contributed by atoms with Crippen LogP contribution < -0.4 is 4.74 Å². The van der Waals surface area contributed by atoms with E-state index >= 15 is 0 Å². The number of methoxy groups -OCH3 is 1. The Morgan fingerprint density at radius 2 is 2.04 bits per heavy atom. The van der Waals surface area contributed by atoms with E-state index < -0.39 is 5.97 Å². The van der Waals surface area contributed by atoms with Crippen molar-refractivity contribution in [2.45, 2.75) is 25.8 Å². The van der Waals surface area contributed by atoms with Gasteiger partial charge in [-0.15, -0.1) is 0 Å². The number of nitrogens with zero attached hydrogens (tertiary/aromatic N) is 1. The summed E-state index contributed by atoms with van der Waals surface area (Å²) in [6, 6.07) is 13.8. The Balaban J connectivity index is 2.10. The standard InChI is InChI=1S/C21H24ClNO3/c1-14-6-3-4-8-17(14)20(18-12-16(22)9-10-19(18)26-2)23-11-5-7-15(13-23)21(24)25/h3-4,6,8-10,12,15,20H,5,7,11,13H2,1-2H3,(H,24,25). The normalized spacial score (nSPS) is 19.1. The van der Waals surface area contributed by atoms with Gasteiger partial charge in [-0.2, -0.15) is 0 Å². The quantitative estimate of drug-likeness (QED) is 0.835. The van der Waals surface area contributed by atoms with E-state index in [0.717, 1.165) is 41.8 Å². The first-order chi connectivity index (χ1) is 12.5. The van der Waals surface area contributed by atoms with Gasteiger partial charge in [-0.3, -0.25) is 9.69 Å². The summed E-state index contributed by atoms with van der Waals surface area (Å²) in [5.41, 5.74) is 3.29. The van der Waals surface area contributed by atoms with Gasteiger partial charge < -0.3 is 9.84 Å². The molecule has 1 aliphatic rings. The fourth-order valence-electron chi connectivity index (χ4n) is 3.82. The highest BCUT2D eigenvalue weighted by molar-refractivity contribution is 6.30. The van der Waals surface area contributed by atoms with Crippen molar-refractivity contribution in [3.05, 3.63) is 64.2 Å². The number of benzene rings is 2. The molecular weight excluding hydrogens is 350 g/mol. The van der Waals surface area contributed by atoms with Crippen molar-refractivity contribution in [1.29, 1.82) is 0 Å². The van der Waals surface area contributed by atoms with E-state index in [0.29, 0.717) is 11.6 Å². The van der Waals surface area contributed by atoms with Crippen LogP contribution in [0.1, 0.15) is 35.6 Å². The van der Waals surface area contributed by atoms with Crippen LogP contribution in [-0.4, -0.2) is 36.2 Å². The number of piperidine rings is 1. The predicted octanol–water partition coefficient (Wildman–Crippen LogP) is 4.54. The van der Waals surface area contributed by atoms with Gasteiger partial charge in [-0.25, -0.2) is 0 Å². The Labute approximate surface area is 159 Å². The van der Waals surface area contributed by atoms with Gasteiger partial charge in [0.15, 0.2) is 0 Å². The van der Waals surface area contributed by atoms with E-state index in [2.05, 4.69) is 24.0 Å². The molecule has 0 amide bonds. The minimum Gasteiger partial charge on any atom is -0.496 e. The Hall–Kier alpha value is -2.04. The third-order valence-electron chi connectivity index (χ3n) is 5.14. The van der Waals surface area contributed by atoms with E-state index in [1.54, 1.807) is 7.11 Å². The number of carboxylic acids is 1. The minimum absolute atomic E-state index is 0.0907. The average molecular weight is 374 g/mol. The number of ether oxygens (including phenoxy) is 1. The van der Waals surface area contributed by atoms with E-state index in [1.165, 1.54) is 0 Å². The van der Waals surface area contributed by atoms with Gasteiger partial charge in [0.1, 0.15) is 5.75 Å². The average Bonchev–Trinajstić information content (AvgIpc) is 2.64. The van der Waals surface area contributed by atoms with Crippen LogP contribution in [0.2, 0.25) is 5.02 Å². The summed E-state index contributed by atoms with van der Waals surface area (Å²) < 4.78 is 5.61. The van der Waals surface area contributed by atoms with E-state index in [9.17, 15) is 9.90 Å². The maximum Gasteiger partial charge on any atom is 0.307 e. The summed E-state index contributed by atoms with van der Waals surface area (Å²) >= 11 is 6.29. The first-order valence-electron chi connectivity index (χ1n) is 8.87. The zero-order valence-electron chi connectivity index (χ0n) is 15.1. The molecule has 5 heteroatoms. The first kappa shape index (κ1) is 18.7. The lowest BCUT2D eigenvalue weighted by Gasteiger charge is -2.38. The van der Waals surface area contributed by atoms with Crippen molar-refractivity contribution in [3.8, 4) is 5.75 Å². The maximum atomic E-state index is 11.6. The van der Waals surface area contributed by atoms with Crippen molar-refractivity contribution >= 4 is 17.6 Å². The van der Waals surface area contributed by atoms with Crippen molar-refractivity contribution in [2.75, 3.05) is 20.2 Å². The Morgan fingerprint density at radius 3 is 2.73 bits per heavy atom. The summed E-state index contributed by atoms with van der Waals surface area (Å²) in [5.74, 6) is -0.308. The molecule has 2 atom stereocenters. The Kier molecular flexibility index (Phi) is 5.84. The molecule has 1 heterocycles. The van der Waals surface area contributed by atoms with Gasteiger partial charge in [0.25, 0.3) is 0 Å². The molecule has 0 saturated carbocycles. The predicted molar refractivity (Wildman–Crippen MR) is 103 cm³/mol. The molecule has 2 unspecified atom stereocenters. The molecule has 1 saturated heterocycles. The smallest absolute Gasteiger partial charge is 0.307 e. The van der Waals surface area contributed by atoms with Crippen LogP contribution in [0.4, 0.5) is 0 Å². The molecule has 26 heavy (non-hydrogen) atoms. The molecule has 1 fully saturated rings. The molecule has 4 nitrogen and oxygen atoms in total. The van der Waals surface area contributed by atoms with Crippen molar-refractivity contribution in [1.82, 2.24) is 4.90 Å². The van der Waals surface area contributed by atoms with Gasteiger partial charge >= 0.3 is 5.97 Å². The third-order valence-corrected chi connectivity index (χ3v) is 5.37. The number of carbonyl (C=O) groups is 1. The topological polar surface area (TPSA) is 49.8 Å². The van der Waals surface area contributed by atoms with Gasteiger partial charge in [0, 0.05) is 17.1 Å². The van der Waals surface area contributed by atoms with E-state index in [4.69, 9.17) is 16.3 Å². The second-order valence-corrected chi connectivity index (χ2v) is 7.25. The fraction of sp³-hybridized carbons (Fsp3) is 0.381. The molecule has 0 bridgehead atoms. The van der Waals surface area contributed by atoms with Gasteiger partial charge in [-0.1, -0.05) is 35.9 Å². The number of aliphatic carboxylic acids is 1. The lowest BCUT2D eigenvalue weighted by atomic mass is 9.89. The lowest BCUT2D eigenvalue weighted by molar-refractivity contribution is -0.143. The van der Waals surface area contributed by atoms with Gasteiger partial charge in [-0.05, 0) is 55.6 Å². The van der Waals surface area contributed by atoms with Gasteiger partial charge in [0.2, 0.25) is 0 Å². The summed E-state index contributed by atoms with van der Waals surface area (Å²) in [6.07, 6.45) is 1.58. The zero-order chi connectivity index (χ0) is 18.7. The summed E-state index contributed by atoms with van der Waals surface area (Å²) in [6.45, 7) is 3.44. The van der Waals surface area contributed by atoms with Crippen LogP contribution in [0.25, 0.3) is 0 Å². The third kappa shape index (κ3) is 3.87. The van der Waals surface area contributed by atoms with Crippen LogP contribution in [0, 0.1) is 12.8 Å². The van der Waals surface area contributed by atoms with Crippen LogP contribution in [0.5, 0.6) is 5.75 Å². The maximum absolute atomic E-state index is 11.6. The molecule has 1 N–H and O–H groups in total. The van der Waals surface area contributed by atoms with Crippen molar-refractivity contribution in [3.63, 3.8) is 0 Å². The molecule has 138 valence electrons. The summed E-state index contributed by atoms with van der Waals surface area (Å²) in [4.78, 5) is 13.8. The minimum atomic E-state index is -0.726. The summed E-state index contributed by atoms with van der Waals surface area (Å²) in [5, 5.41) is 10.2. The SMILES string of the molecule is COc1ccc(Cl)cc1C(c1ccccc1C)N1CCCC(C(=O)O)C1. The number of likely N-dealkylation sites (tertiary alicyclic amines) is 1. The monoisotopic (exact) mass is 373 g/mol. The molecule has 1 aliphatic heterocycles. The van der Waals surface area contributed by atoms with Crippen molar-refractivity contribution < 1.29 is 14.6 Å². The fourth-order valence-corrected chi connectivity index (χ4v) is 4.00. The number of hydrogen-bond acceptors (Lipinski definition) is 3. The number of halogens is 1. The molecule has 0 spiro atoms. The molecule has 0 radical (unpaired) electrons. The molecule has 2 aromatic rings. The molecule has 2 aromatic carbocycles. The largest absolute Gasteiger partial charge is 0.496 e. The molecular formula is C21H24ClNO3. The Morgan fingerprint density at radius 1 is 1.27 bits per heavy atom. The number of rotatable bonds is 5. The lowest BCUT2D eigenvalue weighted by Crippen LogP contribution is -2.41. The number of aryl methyl sites for hydroxylation is 1. The van der Waals surface area contributed by atoms with Crippen LogP contribution in [0.3, 0.4) is 0 Å². The highest BCUT2D eigenvalue weighted by Crippen LogP contribution is 2.39. The first-order valence-corrected chi connectivity index (χ1v) is 9.25. The number of hydrogen-bond donors (Lipinski definition) is 1. The summed E-state index contributed by atoms with van der Waals surface area (Å²) in [7, 11) is 1.65. The highest BCUT2D eigenvalue weighted by atomic mass is 35.5.